The summed E-state index contributed by atoms with van der Waals surface area (Å²) in [7, 11) is 1.60. The molecule has 0 aliphatic rings. The molecule has 2 rings (SSSR count). The summed E-state index contributed by atoms with van der Waals surface area (Å²) in [6.07, 6.45) is 0.302. The van der Waals surface area contributed by atoms with E-state index in [1.54, 1.807) is 32.2 Å². The Balaban J connectivity index is 2.38. The molecule has 7 heteroatoms. The number of ether oxygens (including phenoxy) is 3. The molecule has 0 heterocycles. The second-order valence-corrected chi connectivity index (χ2v) is 7.64. The van der Waals surface area contributed by atoms with Crippen molar-refractivity contribution in [2.75, 3.05) is 12.8 Å². The number of rotatable bonds is 6. The highest BCUT2D eigenvalue weighted by atomic mass is 79.9. The van der Waals surface area contributed by atoms with Gasteiger partial charge in [-0.3, -0.25) is 4.79 Å². The molecule has 26 heavy (non-hydrogen) atoms. The Morgan fingerprint density at radius 1 is 1.08 bits per heavy atom. The lowest BCUT2D eigenvalue weighted by atomic mass is 10.0. The number of carbonyl (C=O) groups is 1. The first-order valence-electron chi connectivity index (χ1n) is 8.11. The molecule has 0 saturated carbocycles. The maximum Gasteiger partial charge on any atom is 0.310 e. The molecule has 0 amide bonds. The summed E-state index contributed by atoms with van der Waals surface area (Å²) >= 11 is 6.92. The summed E-state index contributed by atoms with van der Waals surface area (Å²) in [5, 5.41) is 0. The van der Waals surface area contributed by atoms with Crippen molar-refractivity contribution in [1.82, 2.24) is 0 Å². The lowest BCUT2D eigenvalue weighted by Gasteiger charge is -2.17. The Bertz CT molecular complexity index is 798. The average Bonchev–Trinajstić information content (AvgIpc) is 2.57. The zero-order valence-corrected chi connectivity index (χ0v) is 18.2. The molecule has 0 spiro atoms. The molecule has 5 nitrogen and oxygen atoms in total. The van der Waals surface area contributed by atoms with Crippen molar-refractivity contribution in [3.05, 3.63) is 38.8 Å². The molecule has 0 atom stereocenters. The Labute approximate surface area is 170 Å². The van der Waals surface area contributed by atoms with E-state index in [1.165, 1.54) is 0 Å². The number of nitrogen functional groups attached to an aromatic ring is 1. The summed E-state index contributed by atoms with van der Waals surface area (Å²) in [4.78, 5) is 11.5. The Morgan fingerprint density at radius 2 is 1.69 bits per heavy atom. The number of anilines is 1. The first-order valence-corrected chi connectivity index (χ1v) is 9.70. The summed E-state index contributed by atoms with van der Waals surface area (Å²) in [6, 6.07) is 6.99. The number of hydrogen-bond acceptors (Lipinski definition) is 5. The fourth-order valence-corrected chi connectivity index (χ4v) is 3.69. The van der Waals surface area contributed by atoms with Crippen LogP contribution in [-0.2, 0) is 4.79 Å². The molecule has 2 aromatic carbocycles. The van der Waals surface area contributed by atoms with Gasteiger partial charge in [-0.1, -0.05) is 20.8 Å². The van der Waals surface area contributed by atoms with E-state index < -0.39 is 0 Å². The minimum Gasteiger partial charge on any atom is -0.494 e. The number of methoxy groups -OCH3 is 1. The highest BCUT2D eigenvalue weighted by Crippen LogP contribution is 2.42. The van der Waals surface area contributed by atoms with Crippen molar-refractivity contribution in [2.24, 2.45) is 0 Å². The van der Waals surface area contributed by atoms with Crippen molar-refractivity contribution < 1.29 is 19.0 Å². The predicted octanol–water partition coefficient (Wildman–Crippen LogP) is 6.03. The van der Waals surface area contributed by atoms with Crippen molar-refractivity contribution in [3.8, 4) is 23.0 Å². The third kappa shape index (κ3) is 4.71. The maximum atomic E-state index is 11.5. The molecule has 2 N–H and O–H groups in total. The van der Waals surface area contributed by atoms with E-state index in [0.717, 1.165) is 5.56 Å². The average molecular weight is 487 g/mol. The van der Waals surface area contributed by atoms with Crippen molar-refractivity contribution >= 4 is 43.5 Å². The van der Waals surface area contributed by atoms with E-state index in [0.29, 0.717) is 44.1 Å². The van der Waals surface area contributed by atoms with Crippen LogP contribution in [0.5, 0.6) is 23.0 Å². The van der Waals surface area contributed by atoms with E-state index in [4.69, 9.17) is 19.9 Å². The minimum atomic E-state index is -0.304. The summed E-state index contributed by atoms with van der Waals surface area (Å²) in [5.41, 5.74) is 7.58. The van der Waals surface area contributed by atoms with Gasteiger partial charge in [0.2, 0.25) is 0 Å². The zero-order chi connectivity index (χ0) is 19.4. The predicted molar refractivity (Wildman–Crippen MR) is 109 cm³/mol. The second kappa shape index (κ2) is 8.77. The van der Waals surface area contributed by atoms with Crippen LogP contribution in [0.15, 0.2) is 33.2 Å². The van der Waals surface area contributed by atoms with Crippen LogP contribution in [0, 0.1) is 0 Å². The van der Waals surface area contributed by atoms with Crippen LogP contribution < -0.4 is 19.9 Å². The van der Waals surface area contributed by atoms with Gasteiger partial charge in [-0.2, -0.15) is 0 Å². The lowest BCUT2D eigenvalue weighted by Crippen LogP contribution is -2.05. The van der Waals surface area contributed by atoms with Gasteiger partial charge in [0.15, 0.2) is 5.75 Å². The van der Waals surface area contributed by atoms with Crippen LogP contribution in [0.4, 0.5) is 5.69 Å². The Kier molecular flexibility index (Phi) is 6.94. The molecular weight excluding hydrogens is 466 g/mol. The molecular formula is C19H21Br2NO4. The van der Waals surface area contributed by atoms with Crippen LogP contribution in [0.1, 0.15) is 38.7 Å². The Morgan fingerprint density at radius 3 is 2.19 bits per heavy atom. The summed E-state index contributed by atoms with van der Waals surface area (Å²) in [5.74, 6) is 2.15. The third-order valence-electron chi connectivity index (χ3n) is 3.66. The SMILES string of the molecule is CCC(=O)Oc1cc(Br)c(Oc2cc(N)c(OC)c(C(C)C)c2)c(Br)c1. The molecule has 2 aromatic rings. The smallest absolute Gasteiger partial charge is 0.310 e. The van der Waals surface area contributed by atoms with Crippen molar-refractivity contribution in [2.45, 2.75) is 33.1 Å². The molecule has 0 aliphatic carbocycles. The Hall–Kier alpha value is -1.73. The monoisotopic (exact) mass is 485 g/mol. The quantitative estimate of drug-likeness (QED) is 0.306. The van der Waals surface area contributed by atoms with Gasteiger partial charge in [0.05, 0.1) is 21.7 Å². The highest BCUT2D eigenvalue weighted by Gasteiger charge is 2.17. The fourth-order valence-electron chi connectivity index (χ4n) is 2.38. The first kappa shape index (κ1) is 20.6. The zero-order valence-electron chi connectivity index (χ0n) is 15.1. The number of hydrogen-bond donors (Lipinski definition) is 1. The molecule has 0 unspecified atom stereocenters. The van der Waals surface area contributed by atoms with E-state index in [2.05, 4.69) is 45.7 Å². The van der Waals surface area contributed by atoms with Gasteiger partial charge in [-0.15, -0.1) is 0 Å². The van der Waals surface area contributed by atoms with Crippen LogP contribution in [0.3, 0.4) is 0 Å². The lowest BCUT2D eigenvalue weighted by molar-refractivity contribution is -0.134. The van der Waals surface area contributed by atoms with Gasteiger partial charge in [0.1, 0.15) is 17.2 Å². The topological polar surface area (TPSA) is 70.8 Å². The van der Waals surface area contributed by atoms with E-state index in [-0.39, 0.29) is 11.9 Å². The van der Waals surface area contributed by atoms with Gasteiger partial charge in [0.25, 0.3) is 0 Å². The first-order chi connectivity index (χ1) is 12.3. The maximum absolute atomic E-state index is 11.5. The number of carbonyl (C=O) groups excluding carboxylic acids is 1. The van der Waals surface area contributed by atoms with Crippen LogP contribution in [0.2, 0.25) is 0 Å². The summed E-state index contributed by atoms with van der Waals surface area (Å²) in [6.45, 7) is 5.86. The van der Waals surface area contributed by atoms with Crippen molar-refractivity contribution in [3.63, 3.8) is 0 Å². The molecule has 0 saturated heterocycles. The van der Waals surface area contributed by atoms with Gasteiger partial charge < -0.3 is 19.9 Å². The van der Waals surface area contributed by atoms with Gasteiger partial charge >= 0.3 is 5.97 Å². The normalized spacial score (nSPS) is 10.7. The standard InChI is InChI=1S/C19H21Br2NO4/c1-5-17(23)25-12-7-14(20)19(15(21)8-12)26-11-6-13(10(2)3)18(24-4)16(22)9-11/h6-10H,5,22H2,1-4H3. The highest BCUT2D eigenvalue weighted by molar-refractivity contribution is 9.11. The fraction of sp³-hybridized carbons (Fsp3) is 0.316. The van der Waals surface area contributed by atoms with Crippen LogP contribution >= 0.6 is 31.9 Å². The number of halogens is 2. The number of benzene rings is 2. The molecule has 0 bridgehead atoms. The van der Waals surface area contributed by atoms with Gasteiger partial charge in [-0.25, -0.2) is 0 Å². The summed E-state index contributed by atoms with van der Waals surface area (Å²) < 4.78 is 18.0. The van der Waals surface area contributed by atoms with Gasteiger partial charge in [-0.05, 0) is 56.0 Å². The van der Waals surface area contributed by atoms with Crippen molar-refractivity contribution in [1.29, 1.82) is 0 Å². The third-order valence-corrected chi connectivity index (χ3v) is 4.84. The van der Waals surface area contributed by atoms with E-state index in [9.17, 15) is 4.79 Å². The van der Waals surface area contributed by atoms with E-state index >= 15 is 0 Å². The molecule has 0 aromatic heterocycles. The molecule has 0 aliphatic heterocycles. The molecule has 140 valence electrons. The number of nitrogens with two attached hydrogens (primary N) is 1. The largest absolute Gasteiger partial charge is 0.494 e. The minimum absolute atomic E-state index is 0.221. The number of esters is 1. The van der Waals surface area contributed by atoms with Crippen LogP contribution in [-0.4, -0.2) is 13.1 Å². The van der Waals surface area contributed by atoms with Gasteiger partial charge in [0, 0.05) is 18.1 Å². The van der Waals surface area contributed by atoms with Crippen LogP contribution in [0.25, 0.3) is 0 Å². The molecule has 0 radical (unpaired) electrons. The molecule has 0 fully saturated rings. The van der Waals surface area contributed by atoms with E-state index in [1.807, 2.05) is 6.07 Å². The second-order valence-electron chi connectivity index (χ2n) is 5.94.